The van der Waals surface area contributed by atoms with Gasteiger partial charge in [0.25, 0.3) is 0 Å². The van der Waals surface area contributed by atoms with E-state index in [9.17, 15) is 0 Å². The molecule has 124 valence electrons. The zero-order valence-electron chi connectivity index (χ0n) is 14.6. The summed E-state index contributed by atoms with van der Waals surface area (Å²) in [4.78, 5) is 7.09. The molecule has 0 fully saturated rings. The van der Waals surface area contributed by atoms with Gasteiger partial charge in [0, 0.05) is 28.4 Å². The second-order valence-electron chi connectivity index (χ2n) is 6.62. The molecule has 0 amide bonds. The summed E-state index contributed by atoms with van der Waals surface area (Å²) in [5, 5.41) is 3.46. The molecule has 2 aliphatic heterocycles. The van der Waals surface area contributed by atoms with E-state index in [0.29, 0.717) is 0 Å². The van der Waals surface area contributed by atoms with Crippen LogP contribution in [0.15, 0.2) is 89.8 Å². The number of rotatable bonds is 2. The molecular formula is C22H21N3. The van der Waals surface area contributed by atoms with E-state index in [2.05, 4.69) is 61.5 Å². The molecule has 0 aliphatic carbocycles. The first-order chi connectivity index (χ1) is 12.1. The summed E-state index contributed by atoms with van der Waals surface area (Å²) >= 11 is 0. The fourth-order valence-corrected chi connectivity index (χ4v) is 3.38. The maximum Gasteiger partial charge on any atom is 0.142 e. The third-order valence-corrected chi connectivity index (χ3v) is 4.59. The molecule has 0 atom stereocenters. The lowest BCUT2D eigenvalue weighted by Gasteiger charge is -2.38. The van der Waals surface area contributed by atoms with Gasteiger partial charge in [-0.05, 0) is 23.8 Å². The Kier molecular flexibility index (Phi) is 3.57. The Hall–Kier alpha value is -3.07. The van der Waals surface area contributed by atoms with Crippen LogP contribution in [-0.4, -0.2) is 5.84 Å². The summed E-state index contributed by atoms with van der Waals surface area (Å²) in [6.07, 6.45) is 0. The maximum atomic E-state index is 4.95. The predicted octanol–water partition coefficient (Wildman–Crippen LogP) is 5.43. The number of fused-ring (bicyclic) bond motifs is 1. The van der Waals surface area contributed by atoms with Crippen LogP contribution in [0.5, 0.6) is 0 Å². The van der Waals surface area contributed by atoms with Gasteiger partial charge in [-0.2, -0.15) is 0 Å². The first kappa shape index (κ1) is 15.5. The van der Waals surface area contributed by atoms with E-state index in [1.807, 2.05) is 30.3 Å². The Morgan fingerprint density at radius 1 is 0.960 bits per heavy atom. The van der Waals surface area contributed by atoms with Crippen LogP contribution in [0.1, 0.15) is 19.4 Å². The Labute approximate surface area is 148 Å². The molecule has 2 aromatic rings. The second kappa shape index (κ2) is 5.78. The Balaban J connectivity index is 1.88. The van der Waals surface area contributed by atoms with Crippen LogP contribution >= 0.6 is 0 Å². The fraction of sp³-hybridized carbons (Fsp3) is 0.136. The molecule has 3 heteroatoms. The van der Waals surface area contributed by atoms with Crippen LogP contribution in [0.4, 0.5) is 11.4 Å². The molecule has 2 aromatic carbocycles. The van der Waals surface area contributed by atoms with Gasteiger partial charge in [-0.1, -0.05) is 63.4 Å². The standard InChI is InChI=1S/C22H21N3/c1-14(2)22-24-21-20(15(3)18-12-8-9-13-19(18)23-21)16(4)25(22)17-10-6-5-7-11-17/h5-14,23H,3-4H2,1-2H3. The zero-order chi connectivity index (χ0) is 17.6. The molecule has 0 bridgehead atoms. The van der Waals surface area contributed by atoms with Gasteiger partial charge in [-0.25, -0.2) is 4.99 Å². The summed E-state index contributed by atoms with van der Waals surface area (Å²) in [5.41, 5.74) is 6.05. The number of amidine groups is 1. The lowest BCUT2D eigenvalue weighted by molar-refractivity contribution is 0.847. The van der Waals surface area contributed by atoms with Gasteiger partial charge in [-0.15, -0.1) is 0 Å². The van der Waals surface area contributed by atoms with E-state index in [1.54, 1.807) is 0 Å². The SMILES string of the molecule is C=C1C2=C(N=C(C(C)C)N(c3ccccc3)C2=C)Nc2ccccc21. The molecule has 3 nitrogen and oxygen atoms in total. The Morgan fingerprint density at radius 2 is 1.64 bits per heavy atom. The van der Waals surface area contributed by atoms with Gasteiger partial charge in [0.05, 0.1) is 5.70 Å². The number of hydrogen-bond acceptors (Lipinski definition) is 3. The van der Waals surface area contributed by atoms with E-state index < -0.39 is 0 Å². The van der Waals surface area contributed by atoms with E-state index in [1.165, 1.54) is 0 Å². The highest BCUT2D eigenvalue weighted by Gasteiger charge is 2.33. The number of benzene rings is 2. The van der Waals surface area contributed by atoms with Crippen molar-refractivity contribution in [3.63, 3.8) is 0 Å². The summed E-state index contributed by atoms with van der Waals surface area (Å²) in [6.45, 7) is 13.0. The Morgan fingerprint density at radius 3 is 2.36 bits per heavy atom. The molecule has 1 N–H and O–H groups in total. The van der Waals surface area contributed by atoms with Gasteiger partial charge in [0.2, 0.25) is 0 Å². The molecule has 0 saturated heterocycles. The van der Waals surface area contributed by atoms with Crippen molar-refractivity contribution in [1.29, 1.82) is 0 Å². The monoisotopic (exact) mass is 327 g/mol. The molecule has 2 heterocycles. The third-order valence-electron chi connectivity index (χ3n) is 4.59. The number of hydrogen-bond donors (Lipinski definition) is 1. The molecule has 0 unspecified atom stereocenters. The number of aliphatic imine (C=N–C) groups is 1. The molecule has 0 radical (unpaired) electrons. The van der Waals surface area contributed by atoms with Crippen molar-refractivity contribution >= 4 is 22.8 Å². The van der Waals surface area contributed by atoms with Crippen LogP contribution in [0.2, 0.25) is 0 Å². The number of anilines is 2. The van der Waals surface area contributed by atoms with Crippen molar-refractivity contribution in [2.24, 2.45) is 10.9 Å². The maximum absolute atomic E-state index is 4.95. The summed E-state index contributed by atoms with van der Waals surface area (Å²) in [7, 11) is 0. The average molecular weight is 327 g/mol. The van der Waals surface area contributed by atoms with Crippen molar-refractivity contribution in [2.75, 3.05) is 10.2 Å². The first-order valence-electron chi connectivity index (χ1n) is 8.51. The highest BCUT2D eigenvalue weighted by molar-refractivity contribution is 6.08. The van der Waals surface area contributed by atoms with Gasteiger partial charge in [0.15, 0.2) is 0 Å². The number of para-hydroxylation sites is 2. The number of nitrogens with one attached hydrogen (secondary N) is 1. The lowest BCUT2D eigenvalue weighted by atomic mass is 9.90. The van der Waals surface area contributed by atoms with E-state index in [4.69, 9.17) is 4.99 Å². The molecule has 2 aliphatic rings. The largest absolute Gasteiger partial charge is 0.339 e. The minimum atomic E-state index is 0.262. The highest BCUT2D eigenvalue weighted by Crippen LogP contribution is 2.43. The van der Waals surface area contributed by atoms with E-state index in [0.717, 1.165) is 45.4 Å². The van der Waals surface area contributed by atoms with Crippen molar-refractivity contribution in [3.05, 3.63) is 90.4 Å². The molecule has 0 saturated carbocycles. The predicted molar refractivity (Wildman–Crippen MR) is 106 cm³/mol. The van der Waals surface area contributed by atoms with Crippen LogP contribution in [-0.2, 0) is 0 Å². The first-order valence-corrected chi connectivity index (χ1v) is 8.51. The summed E-state index contributed by atoms with van der Waals surface area (Å²) in [6, 6.07) is 18.4. The van der Waals surface area contributed by atoms with E-state index in [-0.39, 0.29) is 5.92 Å². The van der Waals surface area contributed by atoms with Crippen LogP contribution in [0.3, 0.4) is 0 Å². The molecule has 4 rings (SSSR count). The topological polar surface area (TPSA) is 27.6 Å². The van der Waals surface area contributed by atoms with Crippen molar-refractivity contribution in [2.45, 2.75) is 13.8 Å². The second-order valence-corrected chi connectivity index (χ2v) is 6.62. The van der Waals surface area contributed by atoms with Crippen LogP contribution < -0.4 is 10.2 Å². The number of nitrogens with zero attached hydrogens (tertiary/aromatic N) is 2. The quantitative estimate of drug-likeness (QED) is 0.797. The van der Waals surface area contributed by atoms with Gasteiger partial charge in [-0.3, -0.25) is 4.90 Å². The Bertz CT molecular complexity index is 933. The molecule has 25 heavy (non-hydrogen) atoms. The number of allylic oxidation sites excluding steroid dienone is 1. The van der Waals surface area contributed by atoms with Gasteiger partial charge >= 0.3 is 0 Å². The minimum absolute atomic E-state index is 0.262. The molecule has 0 aromatic heterocycles. The molecule has 0 spiro atoms. The van der Waals surface area contributed by atoms with E-state index >= 15 is 0 Å². The third kappa shape index (κ3) is 2.40. The van der Waals surface area contributed by atoms with Crippen molar-refractivity contribution in [3.8, 4) is 0 Å². The van der Waals surface area contributed by atoms with Crippen LogP contribution in [0, 0.1) is 5.92 Å². The summed E-state index contributed by atoms with van der Waals surface area (Å²) < 4.78 is 0. The van der Waals surface area contributed by atoms with Crippen molar-refractivity contribution in [1.82, 2.24) is 0 Å². The highest BCUT2D eigenvalue weighted by atomic mass is 15.3. The van der Waals surface area contributed by atoms with Gasteiger partial charge < -0.3 is 5.32 Å². The minimum Gasteiger partial charge on any atom is -0.339 e. The van der Waals surface area contributed by atoms with Crippen molar-refractivity contribution < 1.29 is 0 Å². The average Bonchev–Trinajstić information content (AvgIpc) is 2.62. The summed E-state index contributed by atoms with van der Waals surface area (Å²) in [5.74, 6) is 2.08. The fourth-order valence-electron chi connectivity index (χ4n) is 3.38. The lowest BCUT2D eigenvalue weighted by Crippen LogP contribution is -2.38. The normalized spacial score (nSPS) is 16.4. The zero-order valence-corrected chi connectivity index (χ0v) is 14.6. The van der Waals surface area contributed by atoms with Crippen LogP contribution in [0.25, 0.3) is 5.57 Å². The smallest absolute Gasteiger partial charge is 0.142 e. The van der Waals surface area contributed by atoms with Gasteiger partial charge in [0.1, 0.15) is 11.7 Å². The molecular weight excluding hydrogens is 306 g/mol.